The predicted octanol–water partition coefficient (Wildman–Crippen LogP) is 0.912. The summed E-state index contributed by atoms with van der Waals surface area (Å²) in [6.07, 6.45) is 1.89. The van der Waals surface area contributed by atoms with Gasteiger partial charge in [0, 0.05) is 39.8 Å². The van der Waals surface area contributed by atoms with Gasteiger partial charge in [-0.05, 0) is 43.0 Å². The first-order valence-electron chi connectivity index (χ1n) is 9.48. The van der Waals surface area contributed by atoms with Crippen LogP contribution in [0.2, 0.25) is 0 Å². The maximum absolute atomic E-state index is 12.9. The molecule has 0 saturated carbocycles. The van der Waals surface area contributed by atoms with E-state index in [4.69, 9.17) is 9.47 Å². The van der Waals surface area contributed by atoms with Crippen LogP contribution in [-0.4, -0.2) is 70.9 Å². The third-order valence-electron chi connectivity index (χ3n) is 5.62. The lowest BCUT2D eigenvalue weighted by Gasteiger charge is -2.41. The summed E-state index contributed by atoms with van der Waals surface area (Å²) < 4.78 is 10.5. The van der Waals surface area contributed by atoms with Gasteiger partial charge in [-0.2, -0.15) is 0 Å². The number of hydrogen-bond acceptors (Lipinski definition) is 5. The Morgan fingerprint density at radius 2 is 2.23 bits per heavy atom. The molecule has 0 aromatic heterocycles. The Morgan fingerprint density at radius 1 is 1.38 bits per heavy atom. The molecule has 1 unspecified atom stereocenters. The number of nitrogens with one attached hydrogen (secondary N) is 2. The van der Waals surface area contributed by atoms with Crippen LogP contribution in [-0.2, 0) is 16.0 Å². The molecule has 0 spiro atoms. The first-order chi connectivity index (χ1) is 12.6. The Labute approximate surface area is 156 Å². The van der Waals surface area contributed by atoms with E-state index in [2.05, 4.69) is 21.6 Å². The number of amides is 1. The van der Waals surface area contributed by atoms with Gasteiger partial charge in [0.2, 0.25) is 5.91 Å². The molecule has 144 valence electrons. The summed E-state index contributed by atoms with van der Waals surface area (Å²) in [5.41, 5.74) is 0.813. The Balaban J connectivity index is 1.51. The molecule has 2 aliphatic rings. The molecular formula is C20H31N3O3. The van der Waals surface area contributed by atoms with Gasteiger partial charge in [-0.15, -0.1) is 0 Å². The molecule has 1 atom stereocenters. The summed E-state index contributed by atoms with van der Waals surface area (Å²) in [6.45, 7) is 6.13. The van der Waals surface area contributed by atoms with E-state index in [9.17, 15) is 4.79 Å². The molecule has 0 radical (unpaired) electrons. The average Bonchev–Trinajstić information content (AvgIpc) is 3.09. The van der Waals surface area contributed by atoms with Crippen molar-refractivity contribution in [2.45, 2.75) is 12.8 Å². The van der Waals surface area contributed by atoms with Crippen molar-refractivity contribution in [3.63, 3.8) is 0 Å². The normalized spacial score (nSPS) is 22.0. The predicted molar refractivity (Wildman–Crippen MR) is 101 cm³/mol. The maximum atomic E-state index is 12.9. The Bertz CT molecular complexity index is 604. The van der Waals surface area contributed by atoms with Gasteiger partial charge in [-0.25, -0.2) is 0 Å². The van der Waals surface area contributed by atoms with Crippen molar-refractivity contribution in [3.05, 3.63) is 29.8 Å². The number of carbonyl (C=O) groups is 1. The summed E-state index contributed by atoms with van der Waals surface area (Å²) >= 11 is 0. The lowest BCUT2D eigenvalue weighted by Crippen LogP contribution is -2.62. The number of hydrogen-bond donors (Lipinski definition) is 2. The first-order valence-corrected chi connectivity index (χ1v) is 9.48. The van der Waals surface area contributed by atoms with Crippen LogP contribution in [0.3, 0.4) is 0 Å². The monoisotopic (exact) mass is 361 g/mol. The van der Waals surface area contributed by atoms with Crippen molar-refractivity contribution in [1.29, 1.82) is 0 Å². The average molecular weight is 361 g/mol. The van der Waals surface area contributed by atoms with Gasteiger partial charge in [0.15, 0.2) is 0 Å². The number of methoxy groups -OCH3 is 2. The molecule has 3 rings (SSSR count). The number of benzene rings is 1. The summed E-state index contributed by atoms with van der Waals surface area (Å²) in [5.74, 6) is 1.56. The number of rotatable bonds is 9. The van der Waals surface area contributed by atoms with Gasteiger partial charge < -0.3 is 25.0 Å². The first kappa shape index (κ1) is 19.1. The molecule has 1 aromatic carbocycles. The summed E-state index contributed by atoms with van der Waals surface area (Å²) in [4.78, 5) is 15.3. The van der Waals surface area contributed by atoms with Gasteiger partial charge in [0.1, 0.15) is 5.75 Å². The molecule has 6 nitrogen and oxygen atoms in total. The molecule has 1 aromatic rings. The van der Waals surface area contributed by atoms with Gasteiger partial charge in [-0.3, -0.25) is 4.79 Å². The highest BCUT2D eigenvalue weighted by atomic mass is 16.5. The fraction of sp³-hybridized carbons (Fsp3) is 0.650. The van der Waals surface area contributed by atoms with Crippen LogP contribution in [0.4, 0.5) is 0 Å². The summed E-state index contributed by atoms with van der Waals surface area (Å²) in [6, 6.07) is 8.02. The smallest absolute Gasteiger partial charge is 0.229 e. The molecule has 0 bridgehead atoms. The van der Waals surface area contributed by atoms with Gasteiger partial charge in [0.05, 0.1) is 19.1 Å². The number of carbonyl (C=O) groups excluding carboxylic acids is 1. The second-order valence-electron chi connectivity index (χ2n) is 7.57. The topological polar surface area (TPSA) is 62.8 Å². The zero-order chi connectivity index (χ0) is 18.4. The van der Waals surface area contributed by atoms with Crippen molar-refractivity contribution < 1.29 is 14.3 Å². The van der Waals surface area contributed by atoms with Crippen molar-refractivity contribution >= 4 is 5.91 Å². The zero-order valence-electron chi connectivity index (χ0n) is 15.9. The highest BCUT2D eigenvalue weighted by molar-refractivity contribution is 5.84. The highest BCUT2D eigenvalue weighted by Crippen LogP contribution is 2.29. The van der Waals surface area contributed by atoms with Crippen LogP contribution < -0.4 is 15.4 Å². The van der Waals surface area contributed by atoms with E-state index in [1.807, 2.05) is 18.2 Å². The van der Waals surface area contributed by atoms with Crippen LogP contribution in [0, 0.1) is 11.3 Å². The lowest BCUT2D eigenvalue weighted by atomic mass is 9.75. The van der Waals surface area contributed by atoms with Crippen LogP contribution in [0.1, 0.15) is 12.0 Å². The van der Waals surface area contributed by atoms with Gasteiger partial charge in [0.25, 0.3) is 0 Å². The molecule has 2 heterocycles. The van der Waals surface area contributed by atoms with Crippen LogP contribution in [0.15, 0.2) is 24.3 Å². The fourth-order valence-corrected chi connectivity index (χ4v) is 3.89. The molecular weight excluding hydrogens is 330 g/mol. The number of ether oxygens (including phenoxy) is 2. The molecule has 1 amide bonds. The van der Waals surface area contributed by atoms with E-state index >= 15 is 0 Å². The SMILES string of the molecule is COCCN1CCC(CNC(=O)C2(Cc3cccc(OC)c3)CNC2)C1. The van der Waals surface area contributed by atoms with E-state index in [0.717, 1.165) is 70.0 Å². The van der Waals surface area contributed by atoms with Gasteiger partial charge in [-0.1, -0.05) is 12.1 Å². The minimum Gasteiger partial charge on any atom is -0.497 e. The second-order valence-corrected chi connectivity index (χ2v) is 7.57. The standard InChI is InChI=1S/C20H31N3O3/c1-25-9-8-23-7-6-17(13-23)12-22-19(24)20(14-21-15-20)11-16-4-3-5-18(10-16)26-2/h3-5,10,17,21H,6-9,11-15H2,1-2H3,(H,22,24). The van der Waals surface area contributed by atoms with Crippen molar-refractivity contribution in [2.24, 2.45) is 11.3 Å². The number of likely N-dealkylation sites (tertiary alicyclic amines) is 1. The van der Waals surface area contributed by atoms with Crippen LogP contribution in [0.5, 0.6) is 5.75 Å². The maximum Gasteiger partial charge on any atom is 0.229 e. The van der Waals surface area contributed by atoms with Crippen molar-refractivity contribution in [2.75, 3.05) is 60.1 Å². The lowest BCUT2D eigenvalue weighted by molar-refractivity contribution is -0.134. The van der Waals surface area contributed by atoms with Crippen molar-refractivity contribution in [3.8, 4) is 5.75 Å². The Morgan fingerprint density at radius 3 is 2.92 bits per heavy atom. The molecule has 2 fully saturated rings. The van der Waals surface area contributed by atoms with E-state index in [1.54, 1.807) is 14.2 Å². The fourth-order valence-electron chi connectivity index (χ4n) is 3.89. The zero-order valence-corrected chi connectivity index (χ0v) is 15.9. The van der Waals surface area contributed by atoms with E-state index in [-0.39, 0.29) is 11.3 Å². The van der Waals surface area contributed by atoms with Gasteiger partial charge >= 0.3 is 0 Å². The minimum atomic E-state index is -0.333. The number of nitrogens with zero attached hydrogens (tertiary/aromatic N) is 1. The van der Waals surface area contributed by atoms with E-state index < -0.39 is 0 Å². The summed E-state index contributed by atoms with van der Waals surface area (Å²) in [7, 11) is 3.41. The van der Waals surface area contributed by atoms with E-state index in [1.165, 1.54) is 0 Å². The van der Waals surface area contributed by atoms with E-state index in [0.29, 0.717) is 5.92 Å². The molecule has 26 heavy (non-hydrogen) atoms. The Hall–Kier alpha value is -1.63. The third-order valence-corrected chi connectivity index (χ3v) is 5.62. The second kappa shape index (κ2) is 8.84. The molecule has 2 saturated heterocycles. The largest absolute Gasteiger partial charge is 0.497 e. The van der Waals surface area contributed by atoms with Crippen LogP contribution in [0.25, 0.3) is 0 Å². The molecule has 2 aliphatic heterocycles. The Kier molecular flexibility index (Phi) is 6.51. The van der Waals surface area contributed by atoms with Crippen LogP contribution >= 0.6 is 0 Å². The third kappa shape index (κ3) is 4.55. The minimum absolute atomic E-state index is 0.175. The highest BCUT2D eigenvalue weighted by Gasteiger charge is 2.44. The molecule has 0 aliphatic carbocycles. The molecule has 6 heteroatoms. The van der Waals surface area contributed by atoms with Crippen molar-refractivity contribution in [1.82, 2.24) is 15.5 Å². The molecule has 2 N–H and O–H groups in total. The quantitative estimate of drug-likeness (QED) is 0.685. The summed E-state index contributed by atoms with van der Waals surface area (Å²) in [5, 5.41) is 6.50.